The normalized spacial score (nSPS) is 19.1. The minimum atomic E-state index is -0.570. The SMILES string of the molecule is N#CC1(Oc2ccccc2)CCCCC1. The van der Waals surface area contributed by atoms with E-state index in [0.29, 0.717) is 0 Å². The monoisotopic (exact) mass is 201 g/mol. The lowest BCUT2D eigenvalue weighted by Gasteiger charge is -2.31. The molecule has 0 aromatic heterocycles. The van der Waals surface area contributed by atoms with E-state index in [0.717, 1.165) is 31.4 Å². The van der Waals surface area contributed by atoms with Gasteiger partial charge in [-0.3, -0.25) is 0 Å². The van der Waals surface area contributed by atoms with E-state index < -0.39 is 5.60 Å². The van der Waals surface area contributed by atoms with Crippen LogP contribution < -0.4 is 4.74 Å². The minimum Gasteiger partial charge on any atom is -0.472 e. The molecule has 15 heavy (non-hydrogen) atoms. The van der Waals surface area contributed by atoms with Crippen LogP contribution in [0.5, 0.6) is 5.75 Å². The Bertz CT molecular complexity index is 347. The fraction of sp³-hybridized carbons (Fsp3) is 0.462. The molecular formula is C13H15NO. The summed E-state index contributed by atoms with van der Waals surface area (Å²) in [5.74, 6) is 0.806. The zero-order valence-electron chi connectivity index (χ0n) is 8.78. The first-order valence-electron chi connectivity index (χ1n) is 5.50. The lowest BCUT2D eigenvalue weighted by Crippen LogP contribution is -2.36. The number of para-hydroxylation sites is 1. The molecule has 0 aliphatic heterocycles. The summed E-state index contributed by atoms with van der Waals surface area (Å²) in [6.07, 6.45) is 5.14. The molecule has 0 unspecified atom stereocenters. The summed E-state index contributed by atoms with van der Waals surface area (Å²) < 4.78 is 5.83. The summed E-state index contributed by atoms with van der Waals surface area (Å²) in [5.41, 5.74) is -0.570. The molecule has 1 saturated carbocycles. The summed E-state index contributed by atoms with van der Waals surface area (Å²) in [7, 11) is 0. The van der Waals surface area contributed by atoms with Gasteiger partial charge >= 0.3 is 0 Å². The molecule has 0 N–H and O–H groups in total. The van der Waals surface area contributed by atoms with Crippen molar-refractivity contribution in [2.24, 2.45) is 0 Å². The van der Waals surface area contributed by atoms with E-state index in [-0.39, 0.29) is 0 Å². The van der Waals surface area contributed by atoms with Crippen LogP contribution in [0.1, 0.15) is 32.1 Å². The van der Waals surface area contributed by atoms with Gasteiger partial charge in [0.05, 0.1) is 0 Å². The fourth-order valence-electron chi connectivity index (χ4n) is 2.07. The van der Waals surface area contributed by atoms with Crippen molar-refractivity contribution in [3.8, 4) is 11.8 Å². The molecule has 2 rings (SSSR count). The molecule has 1 fully saturated rings. The third kappa shape index (κ3) is 2.30. The first-order valence-corrected chi connectivity index (χ1v) is 5.50. The zero-order chi connectivity index (χ0) is 10.6. The molecule has 78 valence electrons. The summed E-state index contributed by atoms with van der Waals surface area (Å²) in [6, 6.07) is 12.0. The Labute approximate surface area is 90.5 Å². The van der Waals surface area contributed by atoms with Gasteiger partial charge in [-0.05, 0) is 25.0 Å². The molecule has 1 aliphatic rings. The number of benzene rings is 1. The van der Waals surface area contributed by atoms with Gasteiger partial charge in [-0.2, -0.15) is 5.26 Å². The van der Waals surface area contributed by atoms with Crippen molar-refractivity contribution in [2.75, 3.05) is 0 Å². The Hall–Kier alpha value is -1.49. The molecule has 1 aromatic carbocycles. The van der Waals surface area contributed by atoms with E-state index in [1.165, 1.54) is 6.42 Å². The van der Waals surface area contributed by atoms with E-state index >= 15 is 0 Å². The predicted octanol–water partition coefficient (Wildman–Crippen LogP) is 3.29. The van der Waals surface area contributed by atoms with Crippen molar-refractivity contribution in [3.63, 3.8) is 0 Å². The van der Waals surface area contributed by atoms with Crippen LogP contribution >= 0.6 is 0 Å². The molecule has 0 atom stereocenters. The van der Waals surface area contributed by atoms with Gasteiger partial charge in [-0.15, -0.1) is 0 Å². The van der Waals surface area contributed by atoms with E-state index in [4.69, 9.17) is 4.74 Å². The van der Waals surface area contributed by atoms with Crippen LogP contribution in [0, 0.1) is 11.3 Å². The Balaban J connectivity index is 2.12. The number of ether oxygens (including phenoxy) is 1. The fourth-order valence-corrected chi connectivity index (χ4v) is 2.07. The molecule has 0 amide bonds. The van der Waals surface area contributed by atoms with Gasteiger partial charge in [-0.25, -0.2) is 0 Å². The quantitative estimate of drug-likeness (QED) is 0.735. The first-order chi connectivity index (χ1) is 7.35. The summed E-state index contributed by atoms with van der Waals surface area (Å²) >= 11 is 0. The predicted molar refractivity (Wildman–Crippen MR) is 58.5 cm³/mol. The molecule has 0 radical (unpaired) electrons. The molecule has 0 spiro atoms. The highest BCUT2D eigenvalue weighted by molar-refractivity contribution is 5.24. The average molecular weight is 201 g/mol. The minimum absolute atomic E-state index is 0.570. The largest absolute Gasteiger partial charge is 0.472 e. The number of nitriles is 1. The van der Waals surface area contributed by atoms with Crippen LogP contribution in [-0.4, -0.2) is 5.60 Å². The van der Waals surface area contributed by atoms with Gasteiger partial charge in [-0.1, -0.05) is 24.6 Å². The highest BCUT2D eigenvalue weighted by Gasteiger charge is 2.34. The van der Waals surface area contributed by atoms with Crippen LogP contribution in [0.3, 0.4) is 0 Å². The molecule has 2 heteroatoms. The Kier molecular flexibility index (Phi) is 2.91. The third-order valence-electron chi connectivity index (χ3n) is 2.92. The van der Waals surface area contributed by atoms with Gasteiger partial charge in [0.1, 0.15) is 11.8 Å². The van der Waals surface area contributed by atoms with E-state index in [1.807, 2.05) is 30.3 Å². The highest BCUT2D eigenvalue weighted by atomic mass is 16.5. The highest BCUT2D eigenvalue weighted by Crippen LogP contribution is 2.32. The first kappa shape index (κ1) is 10.0. The van der Waals surface area contributed by atoms with Crippen LogP contribution in [0.15, 0.2) is 30.3 Å². The summed E-state index contributed by atoms with van der Waals surface area (Å²) in [4.78, 5) is 0. The van der Waals surface area contributed by atoms with Crippen molar-refractivity contribution in [1.29, 1.82) is 5.26 Å². The van der Waals surface area contributed by atoms with Crippen LogP contribution in [-0.2, 0) is 0 Å². The van der Waals surface area contributed by atoms with Gasteiger partial charge in [0.2, 0.25) is 0 Å². The maximum absolute atomic E-state index is 9.23. The van der Waals surface area contributed by atoms with Gasteiger partial charge < -0.3 is 4.74 Å². The van der Waals surface area contributed by atoms with Crippen LogP contribution in [0.4, 0.5) is 0 Å². The van der Waals surface area contributed by atoms with Crippen molar-refractivity contribution < 1.29 is 4.74 Å². The van der Waals surface area contributed by atoms with E-state index in [9.17, 15) is 5.26 Å². The second-order valence-corrected chi connectivity index (χ2v) is 4.08. The van der Waals surface area contributed by atoms with E-state index in [1.54, 1.807) is 0 Å². The Morgan fingerprint density at radius 1 is 1.07 bits per heavy atom. The topological polar surface area (TPSA) is 33.0 Å². The van der Waals surface area contributed by atoms with Gasteiger partial charge in [0, 0.05) is 12.8 Å². The maximum Gasteiger partial charge on any atom is 0.194 e. The van der Waals surface area contributed by atoms with Crippen LogP contribution in [0.2, 0.25) is 0 Å². The molecule has 2 nitrogen and oxygen atoms in total. The Morgan fingerprint density at radius 2 is 1.73 bits per heavy atom. The van der Waals surface area contributed by atoms with Gasteiger partial charge in [0.15, 0.2) is 5.60 Å². The maximum atomic E-state index is 9.23. The second-order valence-electron chi connectivity index (χ2n) is 4.08. The Morgan fingerprint density at radius 3 is 2.33 bits per heavy atom. The van der Waals surface area contributed by atoms with E-state index in [2.05, 4.69) is 6.07 Å². The smallest absolute Gasteiger partial charge is 0.194 e. The van der Waals surface area contributed by atoms with Crippen LogP contribution in [0.25, 0.3) is 0 Å². The van der Waals surface area contributed by atoms with Crippen molar-refractivity contribution >= 4 is 0 Å². The number of rotatable bonds is 2. The van der Waals surface area contributed by atoms with Crippen molar-refractivity contribution in [2.45, 2.75) is 37.7 Å². The lowest BCUT2D eigenvalue weighted by molar-refractivity contribution is 0.0849. The summed E-state index contributed by atoms with van der Waals surface area (Å²) in [6.45, 7) is 0. The molecule has 0 saturated heterocycles. The molecule has 1 aliphatic carbocycles. The molecule has 0 bridgehead atoms. The van der Waals surface area contributed by atoms with Crippen molar-refractivity contribution in [3.05, 3.63) is 30.3 Å². The second kappa shape index (κ2) is 4.35. The van der Waals surface area contributed by atoms with Gasteiger partial charge in [0.25, 0.3) is 0 Å². The number of nitrogens with zero attached hydrogens (tertiary/aromatic N) is 1. The zero-order valence-corrected chi connectivity index (χ0v) is 8.78. The molecular weight excluding hydrogens is 186 g/mol. The number of hydrogen-bond acceptors (Lipinski definition) is 2. The number of hydrogen-bond donors (Lipinski definition) is 0. The van der Waals surface area contributed by atoms with Crippen molar-refractivity contribution in [1.82, 2.24) is 0 Å². The third-order valence-corrected chi connectivity index (χ3v) is 2.92. The molecule has 1 aromatic rings. The summed E-state index contributed by atoms with van der Waals surface area (Å²) in [5, 5.41) is 9.23. The average Bonchev–Trinajstić information content (AvgIpc) is 2.32. The molecule has 0 heterocycles. The standard InChI is InChI=1S/C13H15NO/c14-11-13(9-5-2-6-10-13)15-12-7-3-1-4-8-12/h1,3-4,7-8H,2,5-6,9-10H2. The lowest BCUT2D eigenvalue weighted by atomic mass is 9.86.